The molecule has 0 heterocycles. The fraction of sp³-hybridized carbons (Fsp3) is 0. The van der Waals surface area contributed by atoms with Gasteiger partial charge < -0.3 is 0 Å². The van der Waals surface area contributed by atoms with Gasteiger partial charge in [-0.25, -0.2) is 5.31 Å². The summed E-state index contributed by atoms with van der Waals surface area (Å²) in [4.78, 5) is 0. The van der Waals surface area contributed by atoms with Crippen LogP contribution in [0.15, 0.2) is 0 Å². The van der Waals surface area contributed by atoms with Crippen LogP contribution < -0.4 is 0 Å². The van der Waals surface area contributed by atoms with Gasteiger partial charge in [-0.15, -0.1) is 0 Å². The van der Waals surface area contributed by atoms with Crippen molar-refractivity contribution in [1.82, 2.24) is 0 Å². The van der Waals surface area contributed by atoms with Crippen LogP contribution >= 0.6 is 0 Å². The molecule has 1 N–H and O–H groups in total. The predicted molar refractivity (Wildman–Crippen MR) is 16.0 cm³/mol. The van der Waals surface area contributed by atoms with Crippen LogP contribution in [0.5, 0.6) is 0 Å². The Bertz CT molecular complexity index is 41.7. The Kier molecular flexibility index (Phi) is 3.84. The molecule has 0 fully saturated rings. The third-order valence-corrected chi connectivity index (χ3v) is 0. The molecule has 8 heteroatoms. The molecule has 0 bridgehead atoms. The molecule has 0 spiro atoms. The number of hydrogen-bond acceptors (Lipinski definition) is 1. The second-order valence-corrected chi connectivity index (χ2v) is 4.29. The molecule has 0 saturated heterocycles. The Hall–Kier alpha value is 0.330. The van der Waals surface area contributed by atoms with E-state index >= 15 is 0 Å². The minimum absolute atomic E-state index is 5.50. The van der Waals surface area contributed by atoms with Crippen molar-refractivity contribution >= 4 is 19.6 Å². The summed E-state index contributed by atoms with van der Waals surface area (Å²) in [5.41, 5.74) is 0. The molecular weight excluding hydrogens is 258 g/mol. The van der Waals surface area contributed by atoms with Gasteiger partial charge in [0.05, 0.1) is 0 Å². The van der Waals surface area contributed by atoms with E-state index in [1.165, 1.54) is 0 Å². The summed E-state index contributed by atoms with van der Waals surface area (Å²) >= 11 is -9.19. The monoisotopic (exact) mass is 262 g/mol. The van der Waals surface area contributed by atoms with Gasteiger partial charge in [0.1, 0.15) is 0 Å². The van der Waals surface area contributed by atoms with E-state index in [1.54, 1.807) is 0 Å². The molecule has 0 aliphatic rings. The first kappa shape index (κ1) is 11.2. The molecule has 0 saturated carbocycles. The zero-order valence-electron chi connectivity index (χ0n) is 3.16. The van der Waals surface area contributed by atoms with E-state index in [0.717, 1.165) is 0 Å². The third-order valence-electron chi connectivity index (χ3n) is 0. The zero-order chi connectivity index (χ0) is 7.45. The molecule has 0 aliphatic heterocycles. The average Bonchev–Trinajstić information content (AvgIpc) is 1.33. The molecule has 0 rings (SSSR count). The summed E-state index contributed by atoms with van der Waals surface area (Å²) in [6, 6.07) is 0. The van der Waals surface area contributed by atoms with Gasteiger partial charge in [0.2, 0.25) is 0 Å². The van der Waals surface area contributed by atoms with Crippen molar-refractivity contribution in [3.63, 3.8) is 0 Å². The van der Waals surface area contributed by atoms with Gasteiger partial charge in [0.15, 0.2) is 0 Å². The summed E-state index contributed by atoms with van der Waals surface area (Å²) in [7, 11) is 0. The molecule has 0 aromatic heterocycles. The van der Waals surface area contributed by atoms with Crippen molar-refractivity contribution in [2.75, 3.05) is 0 Å². The van der Waals surface area contributed by atoms with Gasteiger partial charge in [-0.05, 0) is 0 Å². The first-order chi connectivity index (χ1) is 3.24. The van der Waals surface area contributed by atoms with Gasteiger partial charge in [-0.2, -0.15) is 0 Å². The van der Waals surface area contributed by atoms with Crippen LogP contribution in [-0.4, -0.2) is 25.0 Å². The molecule has 56 valence electrons. The van der Waals surface area contributed by atoms with Crippen LogP contribution in [0.25, 0.3) is 0 Å². The predicted octanol–water partition coefficient (Wildman–Crippen LogP) is 1.32. The van der Waals surface area contributed by atoms with E-state index in [0.29, 0.717) is 0 Å². The van der Waals surface area contributed by atoms with Crippen LogP contribution in [-0.2, 0) is 0 Å². The van der Waals surface area contributed by atoms with Crippen LogP contribution in [0.1, 0.15) is 0 Å². The van der Waals surface area contributed by atoms with Gasteiger partial charge in [0, 0.05) is 0 Å². The fourth-order valence-corrected chi connectivity index (χ4v) is 0. The minimum atomic E-state index is -9.19. The standard InChI is InChI=1S/F5HTe.FHO/c1-6(2,3,4)5;1-2/h6H;2H. The second-order valence-electron chi connectivity index (χ2n) is 0.639. The van der Waals surface area contributed by atoms with Crippen molar-refractivity contribution in [1.29, 1.82) is 0 Å². The third kappa shape index (κ3) is 1650. The maximum absolute atomic E-state index is 9.91. The van der Waals surface area contributed by atoms with Crippen LogP contribution in [0.3, 0.4) is 0 Å². The average molecular weight is 260 g/mol. The van der Waals surface area contributed by atoms with E-state index in [2.05, 4.69) is 0 Å². The normalized spacial score (nSPS) is 15.1. The molecular formula is H2F6OTe. The van der Waals surface area contributed by atoms with Gasteiger partial charge >= 0.3 is 34.1 Å². The van der Waals surface area contributed by atoms with Gasteiger partial charge in [-0.1, -0.05) is 4.53 Å². The number of hydrogen-bond donors (Lipinski definition) is 1. The topological polar surface area (TPSA) is 20.2 Å². The molecule has 0 aliphatic carbocycles. The smallest absolute Gasteiger partial charge is 0.0519 e. The number of halogens is 6. The summed E-state index contributed by atoms with van der Waals surface area (Å²) in [6.07, 6.45) is 0. The van der Waals surface area contributed by atoms with E-state index in [1.807, 2.05) is 0 Å². The number of rotatable bonds is 0. The molecule has 0 radical (unpaired) electrons. The molecule has 0 atom stereocenters. The summed E-state index contributed by atoms with van der Waals surface area (Å²) in [5, 5.41) is 5.50. The summed E-state index contributed by atoms with van der Waals surface area (Å²) in [5.74, 6) is 0. The molecule has 0 unspecified atom stereocenters. The van der Waals surface area contributed by atoms with E-state index in [-0.39, 0.29) is 0 Å². The van der Waals surface area contributed by atoms with Gasteiger partial charge in [0.25, 0.3) is 0 Å². The summed E-state index contributed by atoms with van der Waals surface area (Å²) in [6.45, 7) is 0. The Morgan fingerprint density at radius 2 is 0.750 bits per heavy atom. The Labute approximate surface area is 44.6 Å². The van der Waals surface area contributed by atoms with Crippen molar-refractivity contribution in [2.45, 2.75) is 0 Å². The van der Waals surface area contributed by atoms with Crippen LogP contribution in [0, 0.1) is 0 Å². The molecule has 0 aromatic rings. The van der Waals surface area contributed by atoms with Gasteiger partial charge in [-0.3, -0.25) is 0 Å². The Morgan fingerprint density at radius 1 is 0.750 bits per heavy atom. The Balaban J connectivity index is 0. The van der Waals surface area contributed by atoms with E-state index in [9.17, 15) is 14.5 Å². The van der Waals surface area contributed by atoms with Crippen molar-refractivity contribution < 1.29 is 24.3 Å². The first-order valence-electron chi connectivity index (χ1n) is 1.01. The quantitative estimate of drug-likeness (QED) is 0.514. The van der Waals surface area contributed by atoms with Crippen LogP contribution in [0.4, 0.5) is 19.0 Å². The molecule has 1 nitrogen and oxygen atoms in total. The maximum Gasteiger partial charge on any atom is -0.0519 e. The SMILES string of the molecule is F[TeH](F)(F)(F)F.OF. The molecule has 0 amide bonds. The Morgan fingerprint density at radius 3 is 0.750 bits per heavy atom. The first-order valence-corrected chi connectivity index (χ1v) is 5.84. The largest absolute Gasteiger partial charge is 0.209 e. The fourth-order valence-electron chi connectivity index (χ4n) is 0. The van der Waals surface area contributed by atoms with E-state index in [4.69, 9.17) is 9.84 Å². The molecule has 8 heavy (non-hydrogen) atoms. The maximum atomic E-state index is 9.91. The van der Waals surface area contributed by atoms with E-state index < -0.39 is 19.6 Å². The summed E-state index contributed by atoms with van der Waals surface area (Å²) < 4.78 is 58.0. The van der Waals surface area contributed by atoms with Crippen molar-refractivity contribution in [2.24, 2.45) is 0 Å². The van der Waals surface area contributed by atoms with Crippen LogP contribution in [0.2, 0.25) is 0 Å². The molecule has 0 aromatic carbocycles. The zero-order valence-corrected chi connectivity index (χ0v) is 5.72. The van der Waals surface area contributed by atoms with Crippen molar-refractivity contribution in [3.8, 4) is 0 Å². The van der Waals surface area contributed by atoms with Crippen molar-refractivity contribution in [3.05, 3.63) is 0 Å². The second kappa shape index (κ2) is 2.75. The minimum Gasteiger partial charge on any atom is -0.209 e.